The van der Waals surface area contributed by atoms with E-state index < -0.39 is 35.8 Å². The van der Waals surface area contributed by atoms with E-state index in [1.54, 1.807) is 23.6 Å². The van der Waals surface area contributed by atoms with Crippen LogP contribution in [0, 0.1) is 0 Å². The highest BCUT2D eigenvalue weighted by atomic mass is 19.4. The fraction of sp³-hybridized carbons (Fsp3) is 0.269. The number of fused-ring (bicyclic) bond motifs is 1. The highest BCUT2D eigenvalue weighted by Crippen LogP contribution is 2.40. The van der Waals surface area contributed by atoms with Crippen LogP contribution < -0.4 is 15.8 Å². The molecule has 4 aromatic rings. The highest BCUT2D eigenvalue weighted by molar-refractivity contribution is 6.04. The number of aromatic nitrogens is 4. The van der Waals surface area contributed by atoms with Crippen LogP contribution in [0.1, 0.15) is 47.6 Å². The summed E-state index contributed by atoms with van der Waals surface area (Å²) in [4.78, 5) is 37.0. The Morgan fingerprint density at radius 2 is 2.00 bits per heavy atom. The molecule has 11 nitrogen and oxygen atoms in total. The van der Waals surface area contributed by atoms with Crippen LogP contribution in [0.5, 0.6) is 5.75 Å². The van der Waals surface area contributed by atoms with Gasteiger partial charge in [-0.3, -0.25) is 9.20 Å². The Balaban J connectivity index is 1.52. The van der Waals surface area contributed by atoms with Crippen molar-refractivity contribution in [3.05, 3.63) is 65.9 Å². The summed E-state index contributed by atoms with van der Waals surface area (Å²) in [7, 11) is 0. The smallest absolute Gasteiger partial charge is 0.416 e. The molecule has 3 aromatic heterocycles. The van der Waals surface area contributed by atoms with Crippen LogP contribution in [-0.2, 0) is 15.7 Å². The molecule has 0 bridgehead atoms. The maximum Gasteiger partial charge on any atom is 0.416 e. The minimum atomic E-state index is -4.59. The molecule has 1 aliphatic rings. The first kappa shape index (κ1) is 26.9. The molecule has 0 radical (unpaired) electrons. The highest BCUT2D eigenvalue weighted by Gasteiger charge is 2.35. The van der Waals surface area contributed by atoms with Crippen molar-refractivity contribution in [3.63, 3.8) is 0 Å². The number of halogens is 3. The SMILES string of the molecule is CCOc1cc(C(=O)Nc2cc(C(F)(F)F)ccn2)ccc1-c1nc([C@@H]2CC[C@@H](C(=O)O)O2)n2ccnc(N)c12. The number of benzene rings is 1. The Kier molecular flexibility index (Phi) is 7.02. The third kappa shape index (κ3) is 5.12. The third-order valence-corrected chi connectivity index (χ3v) is 6.32. The Morgan fingerprint density at radius 3 is 2.70 bits per heavy atom. The van der Waals surface area contributed by atoms with Gasteiger partial charge in [-0.1, -0.05) is 0 Å². The Bertz CT molecular complexity index is 1610. The molecule has 1 fully saturated rings. The standard InChI is InChI=1S/C26H23F3N6O5/c1-2-39-18-11-13(24(36)33-19-12-14(7-8-31-19)26(27,28)29)3-4-15(18)20-21-22(30)32-9-10-35(21)23(34-20)16-5-6-17(40-16)25(37)38/h3-4,7-12,16-17H,2,5-6H2,1H3,(H2,30,32)(H,37,38)(H,31,33,36)/t16-,17-/m0/s1. The van der Waals surface area contributed by atoms with Crippen molar-refractivity contribution in [2.75, 3.05) is 17.7 Å². The van der Waals surface area contributed by atoms with Crippen LogP contribution in [0.2, 0.25) is 0 Å². The zero-order valence-corrected chi connectivity index (χ0v) is 21.0. The number of carbonyl (C=O) groups is 2. The number of hydrogen-bond donors (Lipinski definition) is 3. The Labute approximate surface area is 224 Å². The maximum atomic E-state index is 13.1. The molecular weight excluding hydrogens is 533 g/mol. The number of rotatable bonds is 7. The number of alkyl halides is 3. The van der Waals surface area contributed by atoms with Gasteiger partial charge in [0.15, 0.2) is 6.10 Å². The van der Waals surface area contributed by atoms with Crippen molar-refractivity contribution < 1.29 is 37.3 Å². The van der Waals surface area contributed by atoms with E-state index in [1.807, 2.05) is 0 Å². The fourth-order valence-electron chi connectivity index (χ4n) is 4.51. The summed E-state index contributed by atoms with van der Waals surface area (Å²) in [6, 6.07) is 6.02. The minimum Gasteiger partial charge on any atom is -0.493 e. The monoisotopic (exact) mass is 556 g/mol. The first-order valence-electron chi connectivity index (χ1n) is 12.2. The van der Waals surface area contributed by atoms with Crippen LogP contribution in [0.3, 0.4) is 0 Å². The molecule has 2 atom stereocenters. The number of carbonyl (C=O) groups excluding carboxylic acids is 1. The van der Waals surface area contributed by atoms with E-state index >= 15 is 0 Å². The quantitative estimate of drug-likeness (QED) is 0.301. The van der Waals surface area contributed by atoms with Crippen LogP contribution in [0.15, 0.2) is 48.9 Å². The zero-order valence-electron chi connectivity index (χ0n) is 21.0. The number of carboxylic acids is 1. The number of amides is 1. The number of nitrogens with two attached hydrogens (primary N) is 1. The van der Waals surface area contributed by atoms with Gasteiger partial charge in [-0.25, -0.2) is 19.7 Å². The number of hydrogen-bond acceptors (Lipinski definition) is 8. The molecule has 4 heterocycles. The lowest BCUT2D eigenvalue weighted by molar-refractivity contribution is -0.149. The largest absolute Gasteiger partial charge is 0.493 e. The average molecular weight is 557 g/mol. The molecular formula is C26H23F3N6O5. The molecule has 1 saturated heterocycles. The van der Waals surface area contributed by atoms with Gasteiger partial charge >= 0.3 is 12.1 Å². The van der Waals surface area contributed by atoms with Crippen LogP contribution in [0.4, 0.5) is 24.8 Å². The van der Waals surface area contributed by atoms with Crippen molar-refractivity contribution in [2.45, 2.75) is 38.1 Å². The second-order valence-electron chi connectivity index (χ2n) is 8.90. The lowest BCUT2D eigenvalue weighted by atomic mass is 10.1. The van der Waals surface area contributed by atoms with E-state index in [2.05, 4.69) is 15.3 Å². The van der Waals surface area contributed by atoms with Crippen molar-refractivity contribution in [2.24, 2.45) is 0 Å². The number of aliphatic carboxylic acids is 1. The summed E-state index contributed by atoms with van der Waals surface area (Å²) in [5.41, 5.74) is 6.64. The van der Waals surface area contributed by atoms with E-state index in [0.717, 1.165) is 18.3 Å². The van der Waals surface area contributed by atoms with E-state index in [-0.39, 0.29) is 29.6 Å². The van der Waals surface area contributed by atoms with Gasteiger partial charge in [-0.2, -0.15) is 13.2 Å². The van der Waals surface area contributed by atoms with Gasteiger partial charge in [0, 0.05) is 29.7 Å². The molecule has 4 N–H and O–H groups in total. The van der Waals surface area contributed by atoms with E-state index in [0.29, 0.717) is 35.4 Å². The Hall–Kier alpha value is -4.72. The predicted molar refractivity (Wildman–Crippen MR) is 136 cm³/mol. The van der Waals surface area contributed by atoms with E-state index in [1.165, 1.54) is 18.3 Å². The molecule has 5 rings (SSSR count). The second kappa shape index (κ2) is 10.4. The van der Waals surface area contributed by atoms with E-state index in [4.69, 9.17) is 20.2 Å². The normalized spacial score (nSPS) is 17.2. The molecule has 0 spiro atoms. The van der Waals surface area contributed by atoms with Gasteiger partial charge in [-0.05, 0) is 50.1 Å². The molecule has 208 valence electrons. The summed E-state index contributed by atoms with van der Waals surface area (Å²) in [5.74, 6) is -1.17. The van der Waals surface area contributed by atoms with Crippen molar-refractivity contribution in [3.8, 4) is 17.0 Å². The van der Waals surface area contributed by atoms with Gasteiger partial charge in [0.2, 0.25) is 0 Å². The summed E-state index contributed by atoms with van der Waals surface area (Å²) < 4.78 is 52.4. The number of nitrogen functional groups attached to an aromatic ring is 1. The van der Waals surface area contributed by atoms with Gasteiger partial charge < -0.3 is 25.6 Å². The van der Waals surface area contributed by atoms with Gasteiger partial charge in [-0.15, -0.1) is 0 Å². The summed E-state index contributed by atoms with van der Waals surface area (Å²) in [6.07, 6.45) is -1.32. The number of anilines is 2. The molecule has 40 heavy (non-hydrogen) atoms. The van der Waals surface area contributed by atoms with Crippen LogP contribution >= 0.6 is 0 Å². The first-order valence-corrected chi connectivity index (χ1v) is 12.2. The van der Waals surface area contributed by atoms with Crippen LogP contribution in [-0.4, -0.2) is 49.0 Å². The molecule has 1 aliphatic heterocycles. The lowest BCUT2D eigenvalue weighted by Gasteiger charge is -2.12. The van der Waals surface area contributed by atoms with Crippen molar-refractivity contribution in [1.29, 1.82) is 0 Å². The number of pyridine rings is 1. The van der Waals surface area contributed by atoms with Crippen LogP contribution in [0.25, 0.3) is 16.8 Å². The number of nitrogens with zero attached hydrogens (tertiary/aromatic N) is 4. The summed E-state index contributed by atoms with van der Waals surface area (Å²) in [5, 5.41) is 11.7. The van der Waals surface area contributed by atoms with Gasteiger partial charge in [0.1, 0.15) is 40.5 Å². The van der Waals surface area contributed by atoms with Crippen molar-refractivity contribution in [1.82, 2.24) is 19.4 Å². The van der Waals surface area contributed by atoms with Crippen molar-refractivity contribution >= 4 is 29.0 Å². The molecule has 0 saturated carbocycles. The first-order chi connectivity index (χ1) is 19.1. The predicted octanol–water partition coefficient (Wildman–Crippen LogP) is 4.35. The summed E-state index contributed by atoms with van der Waals surface area (Å²) >= 11 is 0. The third-order valence-electron chi connectivity index (χ3n) is 6.32. The maximum absolute atomic E-state index is 13.1. The molecule has 14 heteroatoms. The Morgan fingerprint density at radius 1 is 1.20 bits per heavy atom. The molecule has 0 unspecified atom stereocenters. The van der Waals surface area contributed by atoms with Gasteiger partial charge in [0.25, 0.3) is 5.91 Å². The minimum absolute atomic E-state index is 0.102. The number of carboxylic acid groups (broad SMARTS) is 1. The lowest BCUT2D eigenvalue weighted by Crippen LogP contribution is -2.19. The van der Waals surface area contributed by atoms with E-state index in [9.17, 15) is 27.9 Å². The topological polar surface area (TPSA) is 154 Å². The zero-order chi connectivity index (χ0) is 28.6. The molecule has 1 amide bonds. The number of nitrogens with one attached hydrogen (secondary N) is 1. The molecule has 1 aromatic carbocycles. The number of imidazole rings is 1. The fourth-order valence-corrected chi connectivity index (χ4v) is 4.51. The van der Waals surface area contributed by atoms with Gasteiger partial charge in [0.05, 0.1) is 12.2 Å². The average Bonchev–Trinajstić information content (AvgIpc) is 3.55. The number of ether oxygens (including phenoxy) is 2. The second-order valence-corrected chi connectivity index (χ2v) is 8.90. The summed E-state index contributed by atoms with van der Waals surface area (Å²) in [6.45, 7) is 1.97. The molecule has 0 aliphatic carbocycles.